The van der Waals surface area contributed by atoms with Crippen LogP contribution in [0.25, 0.3) is 0 Å². The molecule has 5 rings (SSSR count). The molecule has 0 aliphatic carbocycles. The van der Waals surface area contributed by atoms with Gasteiger partial charge in [-0.25, -0.2) is 9.97 Å². The average molecular weight is 529 g/mol. The second kappa shape index (κ2) is 9.82. The molecule has 4 heterocycles. The summed E-state index contributed by atoms with van der Waals surface area (Å²) in [6.07, 6.45) is 1.69. The van der Waals surface area contributed by atoms with Gasteiger partial charge in [-0.2, -0.15) is 0 Å². The van der Waals surface area contributed by atoms with E-state index < -0.39 is 17.5 Å². The molecule has 9 nitrogen and oxygen atoms in total. The number of aromatic nitrogens is 3. The molecule has 3 N–H and O–H groups in total. The Hall–Kier alpha value is -2.98. The maximum absolute atomic E-state index is 13.7. The molecule has 0 radical (unpaired) electrons. The van der Waals surface area contributed by atoms with E-state index in [1.165, 1.54) is 6.07 Å². The van der Waals surface area contributed by atoms with Crippen molar-refractivity contribution in [1.29, 1.82) is 0 Å². The van der Waals surface area contributed by atoms with Crippen LogP contribution in [-0.4, -0.2) is 50.9 Å². The maximum atomic E-state index is 13.7. The second-order valence-corrected chi connectivity index (χ2v) is 10.1. The SMILES string of the molecule is C[C@H](NC(=O)[C@]1(NC(=O)c2cc(Cl)c(Cl)[nH]2)CO[C@H](c2ccccc2)C1)c1ncc2c(n1)CN(C)C2. The fourth-order valence-corrected chi connectivity index (χ4v) is 4.92. The van der Waals surface area contributed by atoms with E-state index in [2.05, 4.69) is 30.5 Å². The van der Waals surface area contributed by atoms with E-state index in [4.69, 9.17) is 27.9 Å². The molecule has 0 saturated carbocycles. The van der Waals surface area contributed by atoms with Gasteiger partial charge in [0.1, 0.15) is 16.4 Å². The summed E-state index contributed by atoms with van der Waals surface area (Å²) in [5, 5.41) is 6.24. The van der Waals surface area contributed by atoms with Crippen LogP contribution < -0.4 is 10.6 Å². The summed E-state index contributed by atoms with van der Waals surface area (Å²) >= 11 is 12.0. The molecule has 2 aliphatic rings. The molecule has 3 aromatic rings. The van der Waals surface area contributed by atoms with Crippen LogP contribution in [0.1, 0.15) is 58.6 Å². The highest BCUT2D eigenvalue weighted by molar-refractivity contribution is 6.41. The maximum Gasteiger partial charge on any atom is 0.268 e. The lowest BCUT2D eigenvalue weighted by atomic mass is 9.91. The van der Waals surface area contributed by atoms with Crippen LogP contribution in [0.3, 0.4) is 0 Å². The number of fused-ring (bicyclic) bond motifs is 1. The van der Waals surface area contributed by atoms with Crippen molar-refractivity contribution < 1.29 is 14.3 Å². The van der Waals surface area contributed by atoms with Crippen molar-refractivity contribution >= 4 is 35.0 Å². The molecule has 2 amide bonds. The molecule has 11 heteroatoms. The van der Waals surface area contributed by atoms with Gasteiger partial charge < -0.3 is 20.4 Å². The predicted octanol–water partition coefficient (Wildman–Crippen LogP) is 3.56. The van der Waals surface area contributed by atoms with Gasteiger partial charge in [0.25, 0.3) is 5.91 Å². The Labute approximate surface area is 218 Å². The zero-order valence-corrected chi connectivity index (χ0v) is 21.4. The monoisotopic (exact) mass is 528 g/mol. The van der Waals surface area contributed by atoms with Crippen LogP contribution in [0, 0.1) is 0 Å². The molecule has 188 valence electrons. The van der Waals surface area contributed by atoms with Crippen molar-refractivity contribution in [3.05, 3.63) is 81.1 Å². The number of carbonyl (C=O) groups excluding carboxylic acids is 2. The van der Waals surface area contributed by atoms with E-state index in [1.807, 2.05) is 50.5 Å². The lowest BCUT2D eigenvalue weighted by Gasteiger charge is -2.29. The van der Waals surface area contributed by atoms with Gasteiger partial charge in [-0.05, 0) is 25.6 Å². The third-order valence-electron chi connectivity index (χ3n) is 6.56. The van der Waals surface area contributed by atoms with Crippen molar-refractivity contribution in [2.45, 2.75) is 44.1 Å². The largest absolute Gasteiger partial charge is 0.370 e. The zero-order valence-electron chi connectivity index (χ0n) is 19.8. The first-order valence-electron chi connectivity index (χ1n) is 11.6. The van der Waals surface area contributed by atoms with Crippen LogP contribution >= 0.6 is 23.2 Å². The minimum Gasteiger partial charge on any atom is -0.370 e. The summed E-state index contributed by atoms with van der Waals surface area (Å²) in [4.78, 5) is 40.8. The molecule has 1 fully saturated rings. The van der Waals surface area contributed by atoms with Gasteiger partial charge in [0, 0.05) is 31.3 Å². The zero-order chi connectivity index (χ0) is 25.4. The molecule has 36 heavy (non-hydrogen) atoms. The number of carbonyl (C=O) groups is 2. The van der Waals surface area contributed by atoms with E-state index in [1.54, 1.807) is 0 Å². The molecule has 2 aromatic heterocycles. The number of rotatable bonds is 6. The van der Waals surface area contributed by atoms with E-state index in [-0.39, 0.29) is 40.9 Å². The number of nitrogens with zero attached hydrogens (tertiary/aromatic N) is 3. The normalized spacial score (nSPS) is 22.3. The summed E-state index contributed by atoms with van der Waals surface area (Å²) in [5.74, 6) is -0.382. The standard InChI is InChI=1S/C25H26Cl2N6O3/c1-14(22-28-10-16-11-33(2)12-19(16)31-22)29-24(35)25(32-23(34)18-8-17(26)21(27)30-18)9-20(36-13-25)15-6-4-3-5-7-15/h3-8,10,14,20,30H,9,11-13H2,1-2H3,(H,29,35)(H,32,34)/t14-,20-,25+/m0/s1. The molecule has 0 spiro atoms. The summed E-state index contributed by atoms with van der Waals surface area (Å²) in [6, 6.07) is 10.5. The number of H-pyrrole nitrogens is 1. The Morgan fingerprint density at radius 1 is 1.25 bits per heavy atom. The van der Waals surface area contributed by atoms with Gasteiger partial charge in [0.15, 0.2) is 5.82 Å². The highest BCUT2D eigenvalue weighted by atomic mass is 35.5. The Balaban J connectivity index is 1.38. The van der Waals surface area contributed by atoms with E-state index in [0.717, 1.165) is 29.9 Å². The number of ether oxygens (including phenoxy) is 1. The Morgan fingerprint density at radius 2 is 2.03 bits per heavy atom. The summed E-state index contributed by atoms with van der Waals surface area (Å²) in [7, 11) is 2.02. The summed E-state index contributed by atoms with van der Waals surface area (Å²) in [6.45, 7) is 3.35. The number of halogens is 2. The van der Waals surface area contributed by atoms with E-state index in [0.29, 0.717) is 5.82 Å². The molecule has 1 saturated heterocycles. The topological polar surface area (TPSA) is 112 Å². The number of aromatic amines is 1. The molecule has 2 aliphatic heterocycles. The van der Waals surface area contributed by atoms with Crippen LogP contribution in [-0.2, 0) is 22.6 Å². The number of hydrogen-bond acceptors (Lipinski definition) is 6. The Morgan fingerprint density at radius 3 is 2.75 bits per heavy atom. The fraction of sp³-hybridized carbons (Fsp3) is 0.360. The average Bonchev–Trinajstić information content (AvgIpc) is 3.56. The minimum atomic E-state index is -1.33. The third-order valence-corrected chi connectivity index (χ3v) is 7.25. The van der Waals surface area contributed by atoms with Crippen LogP contribution in [0.2, 0.25) is 10.2 Å². The minimum absolute atomic E-state index is 0.00509. The molecule has 1 aromatic carbocycles. The van der Waals surface area contributed by atoms with Crippen molar-refractivity contribution in [2.75, 3.05) is 13.7 Å². The first kappa shape index (κ1) is 24.7. The Kier molecular flexibility index (Phi) is 6.74. The van der Waals surface area contributed by atoms with Gasteiger partial charge in [0.05, 0.1) is 29.5 Å². The first-order valence-corrected chi connectivity index (χ1v) is 12.4. The van der Waals surface area contributed by atoms with Crippen molar-refractivity contribution in [2.24, 2.45) is 0 Å². The van der Waals surface area contributed by atoms with Crippen molar-refractivity contribution in [1.82, 2.24) is 30.5 Å². The van der Waals surface area contributed by atoms with E-state index >= 15 is 0 Å². The second-order valence-electron chi connectivity index (χ2n) is 9.36. The van der Waals surface area contributed by atoms with Crippen LogP contribution in [0.5, 0.6) is 0 Å². The molecule has 3 atom stereocenters. The first-order chi connectivity index (χ1) is 17.2. The number of amides is 2. The Bertz CT molecular complexity index is 1280. The molecular formula is C25H26Cl2N6O3. The number of benzene rings is 1. The predicted molar refractivity (Wildman–Crippen MR) is 135 cm³/mol. The lowest BCUT2D eigenvalue weighted by molar-refractivity contribution is -0.128. The smallest absolute Gasteiger partial charge is 0.268 e. The van der Waals surface area contributed by atoms with Gasteiger partial charge >= 0.3 is 0 Å². The summed E-state index contributed by atoms with van der Waals surface area (Å²) in [5.41, 5.74) is 1.79. The lowest BCUT2D eigenvalue weighted by Crippen LogP contribution is -2.59. The number of nitrogens with one attached hydrogen (secondary N) is 3. The van der Waals surface area contributed by atoms with Crippen molar-refractivity contribution in [3.8, 4) is 0 Å². The van der Waals surface area contributed by atoms with Gasteiger partial charge in [0.2, 0.25) is 5.91 Å². The molecule has 0 bridgehead atoms. The van der Waals surface area contributed by atoms with E-state index in [9.17, 15) is 9.59 Å². The van der Waals surface area contributed by atoms with Crippen LogP contribution in [0.4, 0.5) is 0 Å². The highest BCUT2D eigenvalue weighted by Gasteiger charge is 2.49. The van der Waals surface area contributed by atoms with Gasteiger partial charge in [-0.15, -0.1) is 0 Å². The highest BCUT2D eigenvalue weighted by Crippen LogP contribution is 2.36. The fourth-order valence-electron chi connectivity index (χ4n) is 4.61. The van der Waals surface area contributed by atoms with Gasteiger partial charge in [-0.3, -0.25) is 14.5 Å². The number of hydrogen-bond donors (Lipinski definition) is 3. The molecular weight excluding hydrogens is 503 g/mol. The van der Waals surface area contributed by atoms with Gasteiger partial charge in [-0.1, -0.05) is 53.5 Å². The third kappa shape index (κ3) is 4.84. The quantitative estimate of drug-likeness (QED) is 0.450. The molecule has 0 unspecified atom stereocenters. The van der Waals surface area contributed by atoms with Crippen molar-refractivity contribution in [3.63, 3.8) is 0 Å². The summed E-state index contributed by atoms with van der Waals surface area (Å²) < 4.78 is 6.03. The van der Waals surface area contributed by atoms with Crippen LogP contribution in [0.15, 0.2) is 42.6 Å².